The molecule has 2 aromatic rings. The van der Waals surface area contributed by atoms with Gasteiger partial charge in [0.25, 0.3) is 0 Å². The van der Waals surface area contributed by atoms with Crippen molar-refractivity contribution >= 4 is 0 Å². The molecule has 0 radical (unpaired) electrons. The van der Waals surface area contributed by atoms with Crippen molar-refractivity contribution in [2.45, 2.75) is 6.61 Å². The second kappa shape index (κ2) is 5.69. The van der Waals surface area contributed by atoms with Crippen molar-refractivity contribution in [3.8, 4) is 17.6 Å². The Kier molecular flexibility index (Phi) is 3.77. The first kappa shape index (κ1) is 11.9. The summed E-state index contributed by atoms with van der Waals surface area (Å²) in [5.74, 6) is 1.17. The third kappa shape index (κ3) is 2.77. The third-order valence-corrected chi connectivity index (χ3v) is 2.41. The van der Waals surface area contributed by atoms with Gasteiger partial charge in [0.15, 0.2) is 11.5 Å². The van der Waals surface area contributed by atoms with Crippen molar-refractivity contribution in [2.24, 2.45) is 0 Å². The van der Waals surface area contributed by atoms with Gasteiger partial charge >= 0.3 is 0 Å². The van der Waals surface area contributed by atoms with E-state index in [9.17, 15) is 0 Å². The van der Waals surface area contributed by atoms with E-state index in [4.69, 9.17) is 14.7 Å². The molecule has 0 unspecified atom stereocenters. The number of pyridine rings is 1. The summed E-state index contributed by atoms with van der Waals surface area (Å²) >= 11 is 0. The molecule has 1 heterocycles. The molecule has 0 atom stereocenters. The Labute approximate surface area is 105 Å². The van der Waals surface area contributed by atoms with Crippen LogP contribution in [0.25, 0.3) is 0 Å². The predicted molar refractivity (Wildman–Crippen MR) is 66.3 cm³/mol. The Balaban J connectivity index is 2.12. The molecule has 18 heavy (non-hydrogen) atoms. The summed E-state index contributed by atoms with van der Waals surface area (Å²) in [7, 11) is 1.55. The van der Waals surface area contributed by atoms with E-state index in [1.807, 2.05) is 12.1 Å². The number of methoxy groups -OCH3 is 1. The zero-order valence-corrected chi connectivity index (χ0v) is 9.96. The fourth-order valence-corrected chi connectivity index (χ4v) is 1.50. The van der Waals surface area contributed by atoms with E-state index in [-0.39, 0.29) is 0 Å². The summed E-state index contributed by atoms with van der Waals surface area (Å²) in [5.41, 5.74) is 1.52. The molecule has 2 rings (SSSR count). The standard InChI is InChI=1S/C14H12N2O2/c1-17-14-7-11(8-15)4-5-13(14)18-10-12-3-2-6-16-9-12/h2-7,9H,10H2,1H3. The SMILES string of the molecule is COc1cc(C#N)ccc1OCc1cccnc1. The zero-order chi connectivity index (χ0) is 12.8. The van der Waals surface area contributed by atoms with Gasteiger partial charge in [0.05, 0.1) is 18.7 Å². The molecule has 4 heteroatoms. The summed E-state index contributed by atoms with van der Waals surface area (Å²) in [6, 6.07) is 10.9. The van der Waals surface area contributed by atoms with E-state index in [2.05, 4.69) is 11.1 Å². The highest BCUT2D eigenvalue weighted by Crippen LogP contribution is 2.28. The monoisotopic (exact) mass is 240 g/mol. The molecule has 4 nitrogen and oxygen atoms in total. The summed E-state index contributed by atoms with van der Waals surface area (Å²) in [4.78, 5) is 4.01. The van der Waals surface area contributed by atoms with Gasteiger partial charge in [-0.3, -0.25) is 4.98 Å². The average molecular weight is 240 g/mol. The largest absolute Gasteiger partial charge is 0.493 e. The molecule has 0 bridgehead atoms. The van der Waals surface area contributed by atoms with E-state index in [1.54, 1.807) is 37.7 Å². The maximum Gasteiger partial charge on any atom is 0.162 e. The lowest BCUT2D eigenvalue weighted by molar-refractivity contribution is 0.284. The van der Waals surface area contributed by atoms with Crippen molar-refractivity contribution in [1.29, 1.82) is 5.26 Å². The van der Waals surface area contributed by atoms with Crippen LogP contribution in [-0.4, -0.2) is 12.1 Å². The molecule has 0 saturated heterocycles. The third-order valence-electron chi connectivity index (χ3n) is 2.41. The highest BCUT2D eigenvalue weighted by Gasteiger charge is 2.05. The first-order chi connectivity index (χ1) is 8.83. The van der Waals surface area contributed by atoms with Gasteiger partial charge in [-0.25, -0.2) is 0 Å². The fourth-order valence-electron chi connectivity index (χ4n) is 1.50. The highest BCUT2D eigenvalue weighted by molar-refractivity contribution is 5.46. The minimum atomic E-state index is 0.413. The highest BCUT2D eigenvalue weighted by atomic mass is 16.5. The molecule has 0 amide bonds. The molecule has 0 saturated carbocycles. The van der Waals surface area contributed by atoms with Crippen molar-refractivity contribution in [1.82, 2.24) is 4.98 Å². The topological polar surface area (TPSA) is 55.1 Å². The summed E-state index contributed by atoms with van der Waals surface area (Å²) in [6.07, 6.45) is 3.46. The van der Waals surface area contributed by atoms with Crippen molar-refractivity contribution in [3.63, 3.8) is 0 Å². The molecule has 1 aromatic heterocycles. The summed E-state index contributed by atoms with van der Waals surface area (Å²) in [6.45, 7) is 0.413. The number of benzene rings is 1. The molecule has 0 aliphatic carbocycles. The van der Waals surface area contributed by atoms with Crippen LogP contribution in [-0.2, 0) is 6.61 Å². The normalized spacial score (nSPS) is 9.56. The number of rotatable bonds is 4. The van der Waals surface area contributed by atoms with E-state index in [1.165, 1.54) is 0 Å². The van der Waals surface area contributed by atoms with Crippen LogP contribution in [0, 0.1) is 11.3 Å². The molecule has 1 aromatic carbocycles. The van der Waals surface area contributed by atoms with Gasteiger partial charge in [0.2, 0.25) is 0 Å². The second-order valence-corrected chi connectivity index (χ2v) is 3.63. The minimum absolute atomic E-state index is 0.413. The smallest absolute Gasteiger partial charge is 0.162 e. The number of nitriles is 1. The molecular formula is C14H12N2O2. The molecule has 0 N–H and O–H groups in total. The van der Waals surface area contributed by atoms with Gasteiger partial charge in [0.1, 0.15) is 6.61 Å². The van der Waals surface area contributed by atoms with Crippen LogP contribution in [0.1, 0.15) is 11.1 Å². The van der Waals surface area contributed by atoms with Crippen molar-refractivity contribution in [3.05, 3.63) is 53.9 Å². The number of aromatic nitrogens is 1. The van der Waals surface area contributed by atoms with Gasteiger partial charge in [0, 0.05) is 24.0 Å². The molecule has 0 spiro atoms. The minimum Gasteiger partial charge on any atom is -0.493 e. The Morgan fingerprint density at radius 2 is 2.17 bits per heavy atom. The average Bonchev–Trinajstić information content (AvgIpc) is 2.46. The number of nitrogens with zero attached hydrogens (tertiary/aromatic N) is 2. The number of hydrogen-bond acceptors (Lipinski definition) is 4. The Morgan fingerprint density at radius 3 is 2.83 bits per heavy atom. The molecule has 0 aliphatic rings. The van der Waals surface area contributed by atoms with E-state index in [0.717, 1.165) is 5.56 Å². The predicted octanol–water partition coefficient (Wildman–Crippen LogP) is 2.54. The molecule has 0 aliphatic heterocycles. The van der Waals surface area contributed by atoms with Crippen LogP contribution in [0.15, 0.2) is 42.7 Å². The van der Waals surface area contributed by atoms with Crippen LogP contribution in [0.5, 0.6) is 11.5 Å². The van der Waals surface area contributed by atoms with Crippen LogP contribution < -0.4 is 9.47 Å². The van der Waals surface area contributed by atoms with Gasteiger partial charge in [-0.1, -0.05) is 6.07 Å². The summed E-state index contributed by atoms with van der Waals surface area (Å²) < 4.78 is 10.8. The molecular weight excluding hydrogens is 228 g/mol. The van der Waals surface area contributed by atoms with Crippen molar-refractivity contribution < 1.29 is 9.47 Å². The Bertz CT molecular complexity index is 562. The van der Waals surface area contributed by atoms with E-state index in [0.29, 0.717) is 23.7 Å². The van der Waals surface area contributed by atoms with Gasteiger partial charge in [-0.2, -0.15) is 5.26 Å². The lowest BCUT2D eigenvalue weighted by Crippen LogP contribution is -1.98. The van der Waals surface area contributed by atoms with Crippen LogP contribution >= 0.6 is 0 Å². The van der Waals surface area contributed by atoms with E-state index >= 15 is 0 Å². The van der Waals surface area contributed by atoms with Crippen LogP contribution in [0.4, 0.5) is 0 Å². The van der Waals surface area contributed by atoms with Crippen LogP contribution in [0.2, 0.25) is 0 Å². The van der Waals surface area contributed by atoms with Gasteiger partial charge < -0.3 is 9.47 Å². The van der Waals surface area contributed by atoms with Gasteiger partial charge in [-0.05, 0) is 18.2 Å². The Morgan fingerprint density at radius 1 is 1.28 bits per heavy atom. The fraction of sp³-hybridized carbons (Fsp3) is 0.143. The maximum absolute atomic E-state index is 8.80. The van der Waals surface area contributed by atoms with Crippen LogP contribution in [0.3, 0.4) is 0 Å². The first-order valence-corrected chi connectivity index (χ1v) is 5.43. The second-order valence-electron chi connectivity index (χ2n) is 3.63. The number of ether oxygens (including phenoxy) is 2. The van der Waals surface area contributed by atoms with E-state index < -0.39 is 0 Å². The lowest BCUT2D eigenvalue weighted by Gasteiger charge is -2.10. The van der Waals surface area contributed by atoms with Crippen molar-refractivity contribution in [2.75, 3.05) is 7.11 Å². The Hall–Kier alpha value is -2.54. The zero-order valence-electron chi connectivity index (χ0n) is 9.96. The lowest BCUT2D eigenvalue weighted by atomic mass is 10.2. The molecule has 0 fully saturated rings. The number of hydrogen-bond donors (Lipinski definition) is 0. The molecule has 90 valence electrons. The quantitative estimate of drug-likeness (QED) is 0.824. The van der Waals surface area contributed by atoms with Gasteiger partial charge in [-0.15, -0.1) is 0 Å². The first-order valence-electron chi connectivity index (χ1n) is 5.43. The summed E-state index contributed by atoms with van der Waals surface area (Å²) in [5, 5.41) is 8.80. The maximum atomic E-state index is 8.80.